The molecule has 1 saturated heterocycles. The first-order chi connectivity index (χ1) is 13.7. The quantitative estimate of drug-likeness (QED) is 0.203. The second kappa shape index (κ2) is 14.7. The van der Waals surface area contributed by atoms with Gasteiger partial charge in [0, 0.05) is 60.0 Å². The van der Waals surface area contributed by atoms with Crippen molar-refractivity contribution in [3.63, 3.8) is 0 Å². The van der Waals surface area contributed by atoms with Gasteiger partial charge in [0.2, 0.25) is 0 Å². The van der Waals surface area contributed by atoms with Crippen LogP contribution in [0.2, 0.25) is 0 Å². The molecular weight excluding hydrogens is 481 g/mol. The SMILES string of the molecule is CN=C(NCCN(C)CCCOC)NCC1CCN(c2ccccc2OC)C1.I. The Balaban J connectivity index is 0.00000420. The number of nitrogens with one attached hydrogen (secondary N) is 2. The highest BCUT2D eigenvalue weighted by atomic mass is 127. The van der Waals surface area contributed by atoms with E-state index in [1.807, 2.05) is 19.2 Å². The minimum atomic E-state index is 0. The van der Waals surface area contributed by atoms with E-state index in [2.05, 4.69) is 44.6 Å². The summed E-state index contributed by atoms with van der Waals surface area (Å²) in [7, 11) is 7.45. The highest BCUT2D eigenvalue weighted by molar-refractivity contribution is 14.0. The van der Waals surface area contributed by atoms with Crippen LogP contribution in [0.25, 0.3) is 0 Å². The number of aliphatic imine (C=N–C) groups is 1. The van der Waals surface area contributed by atoms with Crippen molar-refractivity contribution < 1.29 is 9.47 Å². The van der Waals surface area contributed by atoms with Crippen LogP contribution in [-0.2, 0) is 4.74 Å². The molecule has 0 bridgehead atoms. The zero-order valence-corrected chi connectivity index (χ0v) is 20.6. The van der Waals surface area contributed by atoms with Crippen molar-refractivity contribution in [1.82, 2.24) is 15.5 Å². The molecule has 8 heteroatoms. The van der Waals surface area contributed by atoms with Crippen LogP contribution in [0, 0.1) is 5.92 Å². The molecule has 1 aliphatic rings. The smallest absolute Gasteiger partial charge is 0.191 e. The molecule has 0 radical (unpaired) electrons. The van der Waals surface area contributed by atoms with Gasteiger partial charge in [0.05, 0.1) is 12.8 Å². The van der Waals surface area contributed by atoms with E-state index in [0.29, 0.717) is 5.92 Å². The number of rotatable bonds is 11. The van der Waals surface area contributed by atoms with Gasteiger partial charge in [0.15, 0.2) is 5.96 Å². The van der Waals surface area contributed by atoms with Crippen LogP contribution in [0.4, 0.5) is 5.69 Å². The molecule has 0 aliphatic carbocycles. The predicted octanol–water partition coefficient (Wildman–Crippen LogP) is 2.27. The Morgan fingerprint density at radius 3 is 2.76 bits per heavy atom. The summed E-state index contributed by atoms with van der Waals surface area (Å²) in [6, 6.07) is 8.25. The van der Waals surface area contributed by atoms with Crippen LogP contribution in [0.1, 0.15) is 12.8 Å². The zero-order chi connectivity index (χ0) is 20.2. The van der Waals surface area contributed by atoms with Gasteiger partial charge in [0.1, 0.15) is 5.75 Å². The average molecular weight is 519 g/mol. The standard InChI is InChI=1S/C21H37N5O2.HI/c1-22-21(23-11-14-25(2)12-7-15-27-3)24-16-18-10-13-26(17-18)19-8-5-6-9-20(19)28-4;/h5-6,8-9,18H,7,10-17H2,1-4H3,(H2,22,23,24);1H. The number of para-hydroxylation sites is 2. The summed E-state index contributed by atoms with van der Waals surface area (Å²) in [5.74, 6) is 2.42. The van der Waals surface area contributed by atoms with E-state index in [-0.39, 0.29) is 24.0 Å². The normalized spacial score (nSPS) is 16.7. The van der Waals surface area contributed by atoms with Gasteiger partial charge in [-0.1, -0.05) is 12.1 Å². The van der Waals surface area contributed by atoms with Crippen molar-refractivity contribution in [2.45, 2.75) is 12.8 Å². The Bertz CT molecular complexity index is 602. The third-order valence-corrected chi connectivity index (χ3v) is 5.17. The number of guanidine groups is 1. The second-order valence-corrected chi connectivity index (χ2v) is 7.30. The molecule has 2 N–H and O–H groups in total. The summed E-state index contributed by atoms with van der Waals surface area (Å²) < 4.78 is 10.6. The molecule has 0 amide bonds. The number of ether oxygens (including phenoxy) is 2. The number of halogens is 1. The lowest BCUT2D eigenvalue weighted by Crippen LogP contribution is -2.43. The van der Waals surface area contributed by atoms with Crippen LogP contribution in [-0.4, -0.2) is 85.0 Å². The molecule has 0 aromatic heterocycles. The van der Waals surface area contributed by atoms with E-state index in [1.54, 1.807) is 14.2 Å². The minimum Gasteiger partial charge on any atom is -0.495 e. The number of likely N-dealkylation sites (N-methyl/N-ethyl adjacent to an activating group) is 1. The molecule has 1 aliphatic heterocycles. The largest absolute Gasteiger partial charge is 0.495 e. The Hall–Kier alpha value is -1.26. The average Bonchev–Trinajstić information content (AvgIpc) is 3.19. The maximum absolute atomic E-state index is 5.51. The van der Waals surface area contributed by atoms with Gasteiger partial charge in [-0.05, 0) is 37.9 Å². The van der Waals surface area contributed by atoms with E-state index in [9.17, 15) is 0 Å². The summed E-state index contributed by atoms with van der Waals surface area (Å²) in [4.78, 5) is 9.07. The number of hydrogen-bond acceptors (Lipinski definition) is 5. The fraction of sp³-hybridized carbons (Fsp3) is 0.667. The van der Waals surface area contributed by atoms with E-state index in [0.717, 1.165) is 64.0 Å². The number of hydrogen-bond donors (Lipinski definition) is 2. The van der Waals surface area contributed by atoms with Crippen molar-refractivity contribution in [3.05, 3.63) is 24.3 Å². The molecule has 2 rings (SSSR count). The van der Waals surface area contributed by atoms with Crippen molar-refractivity contribution in [2.24, 2.45) is 10.9 Å². The number of benzene rings is 1. The molecule has 7 nitrogen and oxygen atoms in total. The third kappa shape index (κ3) is 8.96. The lowest BCUT2D eigenvalue weighted by molar-refractivity contribution is 0.180. The molecule has 1 aromatic rings. The van der Waals surface area contributed by atoms with Crippen LogP contribution >= 0.6 is 24.0 Å². The summed E-state index contributed by atoms with van der Waals surface area (Å²) in [5.41, 5.74) is 1.19. The molecule has 166 valence electrons. The van der Waals surface area contributed by atoms with Crippen molar-refractivity contribution in [3.8, 4) is 5.75 Å². The molecule has 1 unspecified atom stereocenters. The second-order valence-electron chi connectivity index (χ2n) is 7.30. The first kappa shape index (κ1) is 25.8. The molecule has 1 fully saturated rings. The van der Waals surface area contributed by atoms with Crippen LogP contribution in [0.15, 0.2) is 29.3 Å². The van der Waals surface area contributed by atoms with Gasteiger partial charge in [-0.25, -0.2) is 0 Å². The Morgan fingerprint density at radius 1 is 1.24 bits per heavy atom. The van der Waals surface area contributed by atoms with Gasteiger partial charge in [0.25, 0.3) is 0 Å². The van der Waals surface area contributed by atoms with E-state index >= 15 is 0 Å². The monoisotopic (exact) mass is 519 g/mol. The lowest BCUT2D eigenvalue weighted by Gasteiger charge is -2.22. The van der Waals surface area contributed by atoms with Crippen LogP contribution in [0.3, 0.4) is 0 Å². The Kier molecular flexibility index (Phi) is 13.0. The first-order valence-corrected chi connectivity index (χ1v) is 10.2. The third-order valence-electron chi connectivity index (χ3n) is 5.17. The molecule has 29 heavy (non-hydrogen) atoms. The maximum atomic E-state index is 5.51. The summed E-state index contributed by atoms with van der Waals surface area (Å²) in [5, 5.41) is 6.89. The van der Waals surface area contributed by atoms with Crippen molar-refractivity contribution >= 4 is 35.6 Å². The van der Waals surface area contributed by atoms with Gasteiger partial charge < -0.3 is 29.9 Å². The minimum absolute atomic E-state index is 0. The summed E-state index contributed by atoms with van der Waals surface area (Å²) in [6.45, 7) is 6.74. The van der Waals surface area contributed by atoms with Crippen molar-refractivity contribution in [2.75, 3.05) is 79.1 Å². The lowest BCUT2D eigenvalue weighted by atomic mass is 10.1. The Morgan fingerprint density at radius 2 is 2.03 bits per heavy atom. The van der Waals surface area contributed by atoms with E-state index in [1.165, 1.54) is 12.1 Å². The molecule has 1 aromatic carbocycles. The van der Waals surface area contributed by atoms with E-state index in [4.69, 9.17) is 9.47 Å². The van der Waals surface area contributed by atoms with Crippen molar-refractivity contribution in [1.29, 1.82) is 0 Å². The van der Waals surface area contributed by atoms with Crippen LogP contribution in [0.5, 0.6) is 5.75 Å². The van der Waals surface area contributed by atoms with Gasteiger partial charge >= 0.3 is 0 Å². The number of nitrogens with zero attached hydrogens (tertiary/aromatic N) is 3. The maximum Gasteiger partial charge on any atom is 0.191 e. The molecule has 0 saturated carbocycles. The van der Waals surface area contributed by atoms with Gasteiger partial charge in [-0.15, -0.1) is 24.0 Å². The molecule has 1 atom stereocenters. The predicted molar refractivity (Wildman–Crippen MR) is 132 cm³/mol. The number of anilines is 1. The fourth-order valence-corrected chi connectivity index (χ4v) is 3.53. The summed E-state index contributed by atoms with van der Waals surface area (Å²) >= 11 is 0. The van der Waals surface area contributed by atoms with E-state index < -0.39 is 0 Å². The van der Waals surface area contributed by atoms with Crippen LogP contribution < -0.4 is 20.3 Å². The number of methoxy groups -OCH3 is 2. The zero-order valence-electron chi connectivity index (χ0n) is 18.3. The topological polar surface area (TPSA) is 61.4 Å². The fourth-order valence-electron chi connectivity index (χ4n) is 3.53. The Labute approximate surface area is 193 Å². The van der Waals surface area contributed by atoms with Gasteiger partial charge in [-0.3, -0.25) is 4.99 Å². The summed E-state index contributed by atoms with van der Waals surface area (Å²) in [6.07, 6.45) is 2.23. The highest BCUT2D eigenvalue weighted by Gasteiger charge is 2.24. The molecule has 0 spiro atoms. The molecular formula is C21H38IN5O2. The highest BCUT2D eigenvalue weighted by Crippen LogP contribution is 2.31. The first-order valence-electron chi connectivity index (χ1n) is 10.2. The van der Waals surface area contributed by atoms with Gasteiger partial charge in [-0.2, -0.15) is 0 Å². The molecule has 1 heterocycles.